The molecule has 0 bridgehead atoms. The van der Waals surface area contributed by atoms with Gasteiger partial charge in [0.05, 0.1) is 17.3 Å². The number of anilines is 1. The Kier molecular flexibility index (Phi) is 5.68. The molecule has 0 radical (unpaired) electrons. The molecule has 0 spiro atoms. The molecule has 3 aromatic carbocycles. The Labute approximate surface area is 179 Å². The highest BCUT2D eigenvalue weighted by Gasteiger charge is 2.15. The van der Waals surface area contributed by atoms with E-state index >= 15 is 0 Å². The summed E-state index contributed by atoms with van der Waals surface area (Å²) in [5, 5.41) is 3.85. The molecule has 5 nitrogen and oxygen atoms in total. The molecule has 0 aliphatic heterocycles. The molecule has 1 amide bonds. The second-order valence-corrected chi connectivity index (χ2v) is 8.02. The van der Waals surface area contributed by atoms with Gasteiger partial charge in [0.25, 0.3) is 5.91 Å². The van der Waals surface area contributed by atoms with E-state index in [-0.39, 0.29) is 5.91 Å². The van der Waals surface area contributed by atoms with Crippen molar-refractivity contribution < 1.29 is 14.3 Å². The molecule has 0 aliphatic rings. The number of ether oxygens (including phenoxy) is 2. The van der Waals surface area contributed by atoms with Crippen LogP contribution in [0.5, 0.6) is 11.5 Å². The zero-order valence-corrected chi connectivity index (χ0v) is 17.8. The molecule has 152 valence electrons. The van der Waals surface area contributed by atoms with E-state index in [4.69, 9.17) is 14.5 Å². The Morgan fingerprint density at radius 1 is 1.00 bits per heavy atom. The van der Waals surface area contributed by atoms with Crippen LogP contribution in [0.15, 0.2) is 66.7 Å². The number of fused-ring (bicyclic) bond motifs is 1. The highest BCUT2D eigenvalue weighted by Crippen LogP contribution is 2.31. The smallest absolute Gasteiger partial charge is 0.265 e. The van der Waals surface area contributed by atoms with Crippen LogP contribution in [0, 0.1) is 6.92 Å². The van der Waals surface area contributed by atoms with E-state index < -0.39 is 6.10 Å². The molecule has 0 aliphatic carbocycles. The van der Waals surface area contributed by atoms with E-state index in [0.29, 0.717) is 11.4 Å². The number of carbonyl (C=O) groups excluding carboxylic acids is 1. The summed E-state index contributed by atoms with van der Waals surface area (Å²) in [6.45, 7) is 3.80. The minimum absolute atomic E-state index is 0.214. The lowest BCUT2D eigenvalue weighted by atomic mass is 10.2. The highest BCUT2D eigenvalue weighted by molar-refractivity contribution is 7.21. The van der Waals surface area contributed by atoms with E-state index in [1.807, 2.05) is 30.3 Å². The van der Waals surface area contributed by atoms with Crippen molar-refractivity contribution in [3.8, 4) is 22.1 Å². The van der Waals surface area contributed by atoms with E-state index in [2.05, 4.69) is 24.4 Å². The van der Waals surface area contributed by atoms with Crippen molar-refractivity contribution >= 4 is 33.1 Å². The highest BCUT2D eigenvalue weighted by atomic mass is 32.1. The molecule has 1 unspecified atom stereocenters. The maximum atomic E-state index is 12.5. The Hall–Kier alpha value is -3.38. The SMILES string of the molecule is COc1ccc(OC(C)C(=O)Nc2ccc(-c3nc4ccc(C)cc4s3)cc2)cc1. The standard InChI is InChI=1S/C24H22N2O3S/c1-15-4-13-21-22(14-15)30-24(26-21)17-5-7-18(8-6-17)25-23(27)16(2)29-20-11-9-19(28-3)10-12-20/h4-14,16H,1-3H3,(H,25,27). The van der Waals surface area contributed by atoms with Crippen molar-refractivity contribution in [3.63, 3.8) is 0 Å². The van der Waals surface area contributed by atoms with Crippen molar-refractivity contribution in [1.29, 1.82) is 0 Å². The topological polar surface area (TPSA) is 60.5 Å². The van der Waals surface area contributed by atoms with Gasteiger partial charge < -0.3 is 14.8 Å². The van der Waals surface area contributed by atoms with Gasteiger partial charge in [-0.1, -0.05) is 6.07 Å². The lowest BCUT2D eigenvalue weighted by molar-refractivity contribution is -0.122. The first-order chi connectivity index (χ1) is 14.5. The van der Waals surface area contributed by atoms with Crippen LogP contribution >= 0.6 is 11.3 Å². The first-order valence-electron chi connectivity index (χ1n) is 9.61. The zero-order valence-electron chi connectivity index (χ0n) is 17.0. The van der Waals surface area contributed by atoms with Crippen molar-refractivity contribution in [1.82, 2.24) is 4.98 Å². The molecule has 1 N–H and O–H groups in total. The van der Waals surface area contributed by atoms with E-state index in [1.165, 1.54) is 10.3 Å². The van der Waals surface area contributed by atoms with E-state index in [0.717, 1.165) is 21.8 Å². The Bertz CT molecular complexity index is 1170. The van der Waals surface area contributed by atoms with Gasteiger partial charge in [0, 0.05) is 11.3 Å². The fraction of sp³-hybridized carbons (Fsp3) is 0.167. The number of hydrogen-bond donors (Lipinski definition) is 1. The van der Waals surface area contributed by atoms with Crippen LogP contribution in [0.2, 0.25) is 0 Å². The fourth-order valence-electron chi connectivity index (χ4n) is 3.01. The summed E-state index contributed by atoms with van der Waals surface area (Å²) in [6, 6.07) is 21.1. The molecule has 4 rings (SSSR count). The number of amides is 1. The third-order valence-electron chi connectivity index (χ3n) is 4.68. The second-order valence-electron chi connectivity index (χ2n) is 6.99. The fourth-order valence-corrected chi connectivity index (χ4v) is 4.08. The number of rotatable bonds is 6. The van der Waals surface area contributed by atoms with Crippen molar-refractivity contribution in [3.05, 3.63) is 72.3 Å². The van der Waals surface area contributed by atoms with Gasteiger partial charge in [-0.15, -0.1) is 11.3 Å². The normalized spacial score (nSPS) is 11.8. The average Bonchev–Trinajstić information content (AvgIpc) is 3.18. The molecule has 1 atom stereocenters. The molecule has 1 aromatic heterocycles. The number of nitrogens with zero attached hydrogens (tertiary/aromatic N) is 1. The predicted molar refractivity (Wildman–Crippen MR) is 122 cm³/mol. The Balaban J connectivity index is 1.41. The van der Waals surface area contributed by atoms with E-state index in [9.17, 15) is 4.79 Å². The molecule has 30 heavy (non-hydrogen) atoms. The summed E-state index contributed by atoms with van der Waals surface area (Å²) in [5.41, 5.74) is 3.96. The summed E-state index contributed by atoms with van der Waals surface area (Å²) in [4.78, 5) is 17.2. The van der Waals surface area contributed by atoms with Crippen molar-refractivity contribution in [2.75, 3.05) is 12.4 Å². The maximum absolute atomic E-state index is 12.5. The van der Waals surface area contributed by atoms with Gasteiger partial charge in [0.15, 0.2) is 6.10 Å². The first-order valence-corrected chi connectivity index (χ1v) is 10.4. The lowest BCUT2D eigenvalue weighted by Gasteiger charge is -2.15. The van der Waals surface area contributed by atoms with Gasteiger partial charge in [-0.3, -0.25) is 4.79 Å². The molecule has 6 heteroatoms. The largest absolute Gasteiger partial charge is 0.497 e. The third kappa shape index (κ3) is 4.44. The van der Waals surface area contributed by atoms with Gasteiger partial charge in [-0.05, 0) is 80.1 Å². The summed E-state index contributed by atoms with van der Waals surface area (Å²) in [6.07, 6.45) is -0.634. The van der Waals surface area contributed by atoms with Crippen molar-refractivity contribution in [2.45, 2.75) is 20.0 Å². The summed E-state index contributed by atoms with van der Waals surface area (Å²) < 4.78 is 12.0. The van der Waals surface area contributed by atoms with Crippen LogP contribution in [0.3, 0.4) is 0 Å². The summed E-state index contributed by atoms with van der Waals surface area (Å²) >= 11 is 1.67. The summed E-state index contributed by atoms with van der Waals surface area (Å²) in [7, 11) is 1.61. The number of benzene rings is 3. The van der Waals surface area contributed by atoms with Crippen LogP contribution in [0.4, 0.5) is 5.69 Å². The molecule has 0 saturated carbocycles. The van der Waals surface area contributed by atoms with Gasteiger partial charge in [-0.2, -0.15) is 0 Å². The number of methoxy groups -OCH3 is 1. The maximum Gasteiger partial charge on any atom is 0.265 e. The molecular weight excluding hydrogens is 396 g/mol. The quantitative estimate of drug-likeness (QED) is 0.437. The third-order valence-corrected chi connectivity index (χ3v) is 5.75. The minimum Gasteiger partial charge on any atom is -0.497 e. The first kappa shape index (κ1) is 19.9. The monoisotopic (exact) mass is 418 g/mol. The lowest BCUT2D eigenvalue weighted by Crippen LogP contribution is -2.30. The zero-order chi connectivity index (χ0) is 21.1. The van der Waals surface area contributed by atoms with Gasteiger partial charge in [0.1, 0.15) is 16.5 Å². The molecular formula is C24H22N2O3S. The summed E-state index contributed by atoms with van der Waals surface area (Å²) in [5.74, 6) is 1.14. The number of nitrogens with one attached hydrogen (secondary N) is 1. The van der Waals surface area contributed by atoms with Crippen LogP contribution in [-0.2, 0) is 4.79 Å². The van der Waals surface area contributed by atoms with E-state index in [1.54, 1.807) is 49.6 Å². The average molecular weight is 419 g/mol. The Morgan fingerprint density at radius 3 is 2.40 bits per heavy atom. The number of hydrogen-bond acceptors (Lipinski definition) is 5. The van der Waals surface area contributed by atoms with Gasteiger partial charge >= 0.3 is 0 Å². The Morgan fingerprint density at radius 2 is 1.70 bits per heavy atom. The van der Waals surface area contributed by atoms with Crippen molar-refractivity contribution in [2.24, 2.45) is 0 Å². The number of aryl methyl sites for hydroxylation is 1. The molecule has 0 saturated heterocycles. The predicted octanol–water partition coefficient (Wildman–Crippen LogP) is 5.69. The van der Waals surface area contributed by atoms with Crippen LogP contribution in [0.1, 0.15) is 12.5 Å². The molecule has 4 aromatic rings. The number of thiazole rings is 1. The molecule has 0 fully saturated rings. The molecule has 1 heterocycles. The van der Waals surface area contributed by atoms with Gasteiger partial charge in [-0.25, -0.2) is 4.98 Å². The second kappa shape index (κ2) is 8.55. The number of carbonyl (C=O) groups is 1. The minimum atomic E-state index is -0.634. The van der Waals surface area contributed by atoms with Crippen LogP contribution in [-0.4, -0.2) is 24.1 Å². The number of aromatic nitrogens is 1. The van der Waals surface area contributed by atoms with Crippen LogP contribution in [0.25, 0.3) is 20.8 Å². The van der Waals surface area contributed by atoms with Gasteiger partial charge in [0.2, 0.25) is 0 Å². The van der Waals surface area contributed by atoms with Crippen LogP contribution < -0.4 is 14.8 Å².